The van der Waals surface area contributed by atoms with Crippen molar-refractivity contribution < 1.29 is 9.53 Å². The number of likely N-dealkylation sites (tertiary alicyclic amines) is 1. The van der Waals surface area contributed by atoms with Crippen LogP contribution in [0.4, 0.5) is 0 Å². The lowest BCUT2D eigenvalue weighted by Crippen LogP contribution is -2.40. The quantitative estimate of drug-likeness (QED) is 0.846. The van der Waals surface area contributed by atoms with E-state index >= 15 is 0 Å². The van der Waals surface area contributed by atoms with E-state index in [-0.39, 0.29) is 30.1 Å². The minimum Gasteiger partial charge on any atom is -0.358 e. The van der Waals surface area contributed by atoms with E-state index in [1.807, 2.05) is 48.3 Å². The summed E-state index contributed by atoms with van der Waals surface area (Å²) in [5.41, 5.74) is 2.33. The molecule has 2 saturated heterocycles. The van der Waals surface area contributed by atoms with Gasteiger partial charge in [-0.2, -0.15) is 0 Å². The number of likely N-dealkylation sites (N-methyl/N-ethyl adjacent to an activating group) is 1. The summed E-state index contributed by atoms with van der Waals surface area (Å²) in [6.45, 7) is 0. The molecule has 2 bridgehead atoms. The first-order valence-electron chi connectivity index (χ1n) is 7.29. The number of benzene rings is 2. The molecule has 2 aliphatic heterocycles. The lowest BCUT2D eigenvalue weighted by Gasteiger charge is -2.30. The number of nitrogens with zero attached hydrogens (tertiary/aromatic N) is 1. The Balaban J connectivity index is 1.75. The summed E-state index contributed by atoms with van der Waals surface area (Å²) in [6.07, 6.45) is -0.392. The second-order valence-corrected chi connectivity index (χ2v) is 5.76. The molecule has 0 saturated carbocycles. The first-order chi connectivity index (χ1) is 10.3. The fourth-order valence-corrected chi connectivity index (χ4v) is 3.66. The molecule has 0 aromatic heterocycles. The zero-order chi connectivity index (χ0) is 14.4. The van der Waals surface area contributed by atoms with Crippen molar-refractivity contribution >= 4 is 5.91 Å². The maximum absolute atomic E-state index is 12.3. The maximum atomic E-state index is 12.3. The Morgan fingerprint density at radius 3 is 2.05 bits per heavy atom. The molecule has 2 aliphatic rings. The Hall–Kier alpha value is -2.13. The SMILES string of the molecule is CN1C(=O)C2OC(c3ccccc3)C1C2c1ccccc1. The van der Waals surface area contributed by atoms with Crippen molar-refractivity contribution in [2.45, 2.75) is 24.2 Å². The van der Waals surface area contributed by atoms with Gasteiger partial charge < -0.3 is 9.64 Å². The lowest BCUT2D eigenvalue weighted by molar-refractivity contribution is -0.148. The van der Waals surface area contributed by atoms with Crippen LogP contribution in [0.15, 0.2) is 60.7 Å². The van der Waals surface area contributed by atoms with Crippen LogP contribution in [0, 0.1) is 0 Å². The zero-order valence-electron chi connectivity index (χ0n) is 11.8. The summed E-state index contributed by atoms with van der Waals surface area (Å²) < 4.78 is 6.10. The fraction of sp³-hybridized carbons (Fsp3) is 0.278. The molecule has 4 atom stereocenters. The first kappa shape index (κ1) is 12.6. The van der Waals surface area contributed by atoms with Gasteiger partial charge in [-0.05, 0) is 11.1 Å². The highest BCUT2D eigenvalue weighted by molar-refractivity contribution is 5.86. The van der Waals surface area contributed by atoms with E-state index < -0.39 is 0 Å². The van der Waals surface area contributed by atoms with Gasteiger partial charge in [-0.1, -0.05) is 60.7 Å². The molecule has 3 nitrogen and oxygen atoms in total. The monoisotopic (exact) mass is 279 g/mol. The van der Waals surface area contributed by atoms with Gasteiger partial charge in [0.05, 0.1) is 6.04 Å². The van der Waals surface area contributed by atoms with Gasteiger partial charge in [0.1, 0.15) is 12.2 Å². The number of rotatable bonds is 2. The molecule has 4 unspecified atom stereocenters. The van der Waals surface area contributed by atoms with E-state index in [2.05, 4.69) is 24.3 Å². The number of hydrogen-bond donors (Lipinski definition) is 0. The number of carbonyl (C=O) groups is 1. The van der Waals surface area contributed by atoms with E-state index in [1.165, 1.54) is 5.56 Å². The van der Waals surface area contributed by atoms with Crippen LogP contribution in [0.5, 0.6) is 0 Å². The topological polar surface area (TPSA) is 29.5 Å². The number of hydrogen-bond acceptors (Lipinski definition) is 2. The van der Waals surface area contributed by atoms with Gasteiger partial charge in [0.15, 0.2) is 0 Å². The van der Waals surface area contributed by atoms with E-state index in [0.717, 1.165) is 5.56 Å². The van der Waals surface area contributed by atoms with Crippen LogP contribution in [0.1, 0.15) is 23.1 Å². The van der Waals surface area contributed by atoms with Crippen LogP contribution in [0.3, 0.4) is 0 Å². The van der Waals surface area contributed by atoms with Crippen LogP contribution in [-0.2, 0) is 9.53 Å². The van der Waals surface area contributed by atoms with Crippen LogP contribution in [0.2, 0.25) is 0 Å². The molecule has 0 radical (unpaired) electrons. The molecule has 2 heterocycles. The highest BCUT2D eigenvalue weighted by Gasteiger charge is 2.58. The van der Waals surface area contributed by atoms with Crippen molar-refractivity contribution in [2.24, 2.45) is 0 Å². The van der Waals surface area contributed by atoms with Gasteiger partial charge in [-0.3, -0.25) is 4.79 Å². The summed E-state index contributed by atoms with van der Waals surface area (Å²) in [7, 11) is 1.89. The molecular weight excluding hydrogens is 262 g/mol. The maximum Gasteiger partial charge on any atom is 0.252 e. The van der Waals surface area contributed by atoms with E-state index in [4.69, 9.17) is 4.74 Å². The number of morpholine rings is 1. The van der Waals surface area contributed by atoms with Crippen LogP contribution >= 0.6 is 0 Å². The van der Waals surface area contributed by atoms with Crippen LogP contribution < -0.4 is 0 Å². The Labute approximate surface area is 124 Å². The third-order valence-electron chi connectivity index (χ3n) is 4.65. The van der Waals surface area contributed by atoms with Crippen molar-refractivity contribution in [1.29, 1.82) is 0 Å². The smallest absolute Gasteiger partial charge is 0.252 e. The van der Waals surface area contributed by atoms with Gasteiger partial charge in [0.2, 0.25) is 0 Å². The second kappa shape index (κ2) is 4.71. The van der Waals surface area contributed by atoms with Crippen molar-refractivity contribution in [2.75, 3.05) is 7.05 Å². The molecule has 0 N–H and O–H groups in total. The molecule has 106 valence electrons. The molecule has 1 amide bonds. The number of fused-ring (bicyclic) bond motifs is 2. The number of amides is 1. The summed E-state index contributed by atoms with van der Waals surface area (Å²) in [6, 6.07) is 20.5. The van der Waals surface area contributed by atoms with Crippen LogP contribution in [0.25, 0.3) is 0 Å². The second-order valence-electron chi connectivity index (χ2n) is 5.76. The molecule has 4 rings (SSSR count). The van der Waals surface area contributed by atoms with Gasteiger partial charge >= 0.3 is 0 Å². The van der Waals surface area contributed by atoms with Gasteiger partial charge in [0.25, 0.3) is 5.91 Å². The van der Waals surface area contributed by atoms with E-state index in [0.29, 0.717) is 0 Å². The minimum atomic E-state index is -0.354. The summed E-state index contributed by atoms with van der Waals surface area (Å²) in [5.74, 6) is 0.218. The Kier molecular flexibility index (Phi) is 2.82. The van der Waals surface area contributed by atoms with E-state index in [9.17, 15) is 4.79 Å². The standard InChI is InChI=1S/C18H17NO2/c1-19-15-14(12-8-4-2-5-9-12)17(18(19)20)21-16(15)13-10-6-3-7-11-13/h2-11,14-17H,1H3. The molecule has 21 heavy (non-hydrogen) atoms. The molecule has 0 aliphatic carbocycles. The zero-order valence-corrected chi connectivity index (χ0v) is 11.8. The van der Waals surface area contributed by atoms with Gasteiger partial charge in [-0.15, -0.1) is 0 Å². The summed E-state index contributed by atoms with van der Waals surface area (Å²) in [4.78, 5) is 14.2. The average Bonchev–Trinajstić information content (AvgIpc) is 3.04. The highest BCUT2D eigenvalue weighted by atomic mass is 16.5. The summed E-state index contributed by atoms with van der Waals surface area (Å²) >= 11 is 0. The molecule has 2 aromatic rings. The Morgan fingerprint density at radius 1 is 0.857 bits per heavy atom. The lowest BCUT2D eigenvalue weighted by atomic mass is 9.88. The van der Waals surface area contributed by atoms with Gasteiger partial charge in [0, 0.05) is 13.0 Å². The van der Waals surface area contributed by atoms with Crippen molar-refractivity contribution in [3.05, 3.63) is 71.8 Å². The third kappa shape index (κ3) is 1.81. The predicted octanol–water partition coefficient (Wildman–Crippen LogP) is 2.75. The Bertz CT molecular complexity index is 655. The van der Waals surface area contributed by atoms with Gasteiger partial charge in [-0.25, -0.2) is 0 Å². The number of carbonyl (C=O) groups excluding carboxylic acids is 1. The van der Waals surface area contributed by atoms with E-state index in [1.54, 1.807) is 0 Å². The largest absolute Gasteiger partial charge is 0.358 e. The van der Waals surface area contributed by atoms with Crippen molar-refractivity contribution in [1.82, 2.24) is 4.90 Å². The number of ether oxygens (including phenoxy) is 1. The predicted molar refractivity (Wildman–Crippen MR) is 79.8 cm³/mol. The Morgan fingerprint density at radius 2 is 1.43 bits per heavy atom. The van der Waals surface area contributed by atoms with Crippen molar-refractivity contribution in [3.8, 4) is 0 Å². The highest BCUT2D eigenvalue weighted by Crippen LogP contribution is 2.50. The average molecular weight is 279 g/mol. The molecule has 2 fully saturated rings. The first-order valence-corrected chi connectivity index (χ1v) is 7.29. The fourth-order valence-electron chi connectivity index (χ4n) is 3.66. The van der Waals surface area contributed by atoms with Crippen molar-refractivity contribution in [3.63, 3.8) is 0 Å². The third-order valence-corrected chi connectivity index (χ3v) is 4.65. The minimum absolute atomic E-state index is 0.0379. The van der Waals surface area contributed by atoms with Crippen LogP contribution in [-0.4, -0.2) is 30.0 Å². The normalized spacial score (nSPS) is 30.9. The molecule has 2 aromatic carbocycles. The molecule has 0 spiro atoms. The summed E-state index contributed by atoms with van der Waals surface area (Å²) in [5, 5.41) is 0. The molecule has 3 heteroatoms. The molecular formula is C18H17NO2.